The Labute approximate surface area is 113 Å². The predicted molar refractivity (Wildman–Crippen MR) is 69.7 cm³/mol. The molecule has 2 aliphatic heterocycles. The highest BCUT2D eigenvalue weighted by atomic mass is 16.4. The fourth-order valence-corrected chi connectivity index (χ4v) is 3.83. The van der Waals surface area contributed by atoms with E-state index in [1.807, 2.05) is 11.9 Å². The van der Waals surface area contributed by atoms with E-state index < -0.39 is 5.97 Å². The fourth-order valence-electron chi connectivity index (χ4n) is 3.83. The van der Waals surface area contributed by atoms with Crippen molar-refractivity contribution in [2.75, 3.05) is 13.6 Å². The molecule has 1 N–H and O–H groups in total. The summed E-state index contributed by atoms with van der Waals surface area (Å²) in [6.45, 7) is 3.02. The van der Waals surface area contributed by atoms with Crippen molar-refractivity contribution in [3.63, 3.8) is 0 Å². The van der Waals surface area contributed by atoms with Crippen LogP contribution in [0.2, 0.25) is 0 Å². The van der Waals surface area contributed by atoms with Crippen LogP contribution in [0.5, 0.6) is 0 Å². The molecule has 0 spiro atoms. The number of carboxylic acids is 1. The van der Waals surface area contributed by atoms with Gasteiger partial charge in [0.2, 0.25) is 0 Å². The summed E-state index contributed by atoms with van der Waals surface area (Å²) in [5.74, 6) is 0.279. The number of fused-ring (bicyclic) bond motifs is 2. The zero-order chi connectivity index (χ0) is 13.7. The maximum absolute atomic E-state index is 12.5. The third-order valence-electron chi connectivity index (χ3n) is 5.19. The molecule has 2 heterocycles. The molecule has 0 aromatic rings. The van der Waals surface area contributed by atoms with E-state index in [1.54, 1.807) is 4.90 Å². The Balaban J connectivity index is 1.65. The maximum atomic E-state index is 12.5. The summed E-state index contributed by atoms with van der Waals surface area (Å²) >= 11 is 0. The molecule has 3 rings (SSSR count). The molecule has 0 aromatic carbocycles. The van der Waals surface area contributed by atoms with E-state index in [2.05, 4.69) is 6.92 Å². The number of nitrogens with zero attached hydrogens (tertiary/aromatic N) is 2. The molecule has 2 amide bonds. The number of carbonyl (C=O) groups is 2. The highest BCUT2D eigenvalue weighted by Crippen LogP contribution is 2.43. The number of carboxylic acid groups (broad SMARTS) is 1. The minimum absolute atomic E-state index is 0.0374. The lowest BCUT2D eigenvalue weighted by Crippen LogP contribution is -2.45. The van der Waals surface area contributed by atoms with Crippen LogP contribution in [0.3, 0.4) is 0 Å². The van der Waals surface area contributed by atoms with Crippen molar-refractivity contribution in [3.05, 3.63) is 0 Å². The molecule has 3 fully saturated rings. The average Bonchev–Trinajstić information content (AvgIpc) is 2.80. The molecule has 5 atom stereocenters. The lowest BCUT2D eigenvalue weighted by Gasteiger charge is -2.29. The van der Waals surface area contributed by atoms with Crippen LogP contribution in [0.4, 0.5) is 4.79 Å². The van der Waals surface area contributed by atoms with Crippen LogP contribution < -0.4 is 0 Å². The van der Waals surface area contributed by atoms with Crippen LogP contribution in [0.25, 0.3) is 0 Å². The van der Waals surface area contributed by atoms with Gasteiger partial charge in [0, 0.05) is 25.7 Å². The first-order valence-corrected chi connectivity index (χ1v) is 7.25. The number of hydrogen-bond donors (Lipinski definition) is 1. The summed E-state index contributed by atoms with van der Waals surface area (Å²) in [5.41, 5.74) is 0. The summed E-state index contributed by atoms with van der Waals surface area (Å²) in [6, 6.07) is 0.113. The molecule has 5 heteroatoms. The fraction of sp³-hybridized carbons (Fsp3) is 0.857. The summed E-state index contributed by atoms with van der Waals surface area (Å²) in [5, 5.41) is 9.21. The van der Waals surface area contributed by atoms with Crippen molar-refractivity contribution in [1.29, 1.82) is 0 Å². The summed E-state index contributed by atoms with van der Waals surface area (Å²) in [6.07, 6.45) is 3.66. The van der Waals surface area contributed by atoms with Crippen LogP contribution in [-0.2, 0) is 4.79 Å². The molecule has 5 unspecified atom stereocenters. The van der Waals surface area contributed by atoms with Crippen molar-refractivity contribution in [3.8, 4) is 0 Å². The van der Waals surface area contributed by atoms with Crippen molar-refractivity contribution in [2.24, 2.45) is 17.8 Å². The lowest BCUT2D eigenvalue weighted by molar-refractivity contribution is -0.142. The van der Waals surface area contributed by atoms with Gasteiger partial charge in [0.15, 0.2) is 0 Å². The number of rotatable bonds is 3. The van der Waals surface area contributed by atoms with E-state index in [1.165, 1.54) is 6.42 Å². The topological polar surface area (TPSA) is 60.9 Å². The number of urea groups is 1. The van der Waals surface area contributed by atoms with E-state index in [4.69, 9.17) is 0 Å². The zero-order valence-electron chi connectivity index (χ0n) is 11.6. The van der Waals surface area contributed by atoms with Gasteiger partial charge in [0.1, 0.15) is 0 Å². The number of amides is 2. The van der Waals surface area contributed by atoms with Crippen LogP contribution in [0.1, 0.15) is 32.6 Å². The Bertz CT molecular complexity index is 411. The minimum atomic E-state index is -0.747. The third kappa shape index (κ3) is 2.09. The molecule has 5 nitrogen and oxygen atoms in total. The standard InChI is InChI=1S/C14H22N2O3/c1-8-5-9(8)7-15(2)14(19)16-10-3-4-12(16)11(6-10)13(17)18/h8-12H,3-7H2,1-2H3,(H,17,18). The summed E-state index contributed by atoms with van der Waals surface area (Å²) < 4.78 is 0. The molecular formula is C14H22N2O3. The van der Waals surface area contributed by atoms with Gasteiger partial charge in [0.25, 0.3) is 0 Å². The van der Waals surface area contributed by atoms with E-state index >= 15 is 0 Å². The van der Waals surface area contributed by atoms with E-state index in [0.29, 0.717) is 12.3 Å². The van der Waals surface area contributed by atoms with Gasteiger partial charge in [-0.1, -0.05) is 6.92 Å². The Kier molecular flexibility index (Phi) is 2.95. The van der Waals surface area contributed by atoms with Gasteiger partial charge in [-0.2, -0.15) is 0 Å². The molecule has 106 valence electrons. The van der Waals surface area contributed by atoms with Crippen molar-refractivity contribution in [2.45, 2.75) is 44.7 Å². The molecule has 0 aromatic heterocycles. The molecule has 19 heavy (non-hydrogen) atoms. The van der Waals surface area contributed by atoms with Crippen LogP contribution in [-0.4, -0.2) is 52.6 Å². The van der Waals surface area contributed by atoms with Crippen molar-refractivity contribution < 1.29 is 14.7 Å². The SMILES string of the molecule is CC1CC1CN(C)C(=O)N1C2CCC1C(C(=O)O)C2. The third-order valence-corrected chi connectivity index (χ3v) is 5.19. The number of aliphatic carboxylic acids is 1. The monoisotopic (exact) mass is 266 g/mol. The molecular weight excluding hydrogens is 244 g/mol. The van der Waals surface area contributed by atoms with Gasteiger partial charge in [-0.15, -0.1) is 0 Å². The van der Waals surface area contributed by atoms with Crippen LogP contribution in [0, 0.1) is 17.8 Å². The first-order chi connectivity index (χ1) is 8.99. The van der Waals surface area contributed by atoms with Gasteiger partial charge < -0.3 is 14.9 Å². The predicted octanol–water partition coefficient (Wildman–Crippen LogP) is 1.63. The van der Waals surface area contributed by atoms with Crippen molar-refractivity contribution in [1.82, 2.24) is 9.80 Å². The van der Waals surface area contributed by atoms with Gasteiger partial charge in [-0.05, 0) is 37.5 Å². The van der Waals surface area contributed by atoms with Gasteiger partial charge in [0.05, 0.1) is 5.92 Å². The second kappa shape index (κ2) is 4.39. The molecule has 0 radical (unpaired) electrons. The second-order valence-corrected chi connectivity index (χ2v) is 6.52. The van der Waals surface area contributed by atoms with Gasteiger partial charge in [-0.3, -0.25) is 4.79 Å². The zero-order valence-corrected chi connectivity index (χ0v) is 11.6. The first-order valence-electron chi connectivity index (χ1n) is 7.25. The largest absolute Gasteiger partial charge is 0.481 e. The Morgan fingerprint density at radius 3 is 2.53 bits per heavy atom. The van der Waals surface area contributed by atoms with E-state index in [9.17, 15) is 14.7 Å². The number of hydrogen-bond acceptors (Lipinski definition) is 2. The number of carbonyl (C=O) groups excluding carboxylic acids is 1. The van der Waals surface area contributed by atoms with E-state index in [-0.39, 0.29) is 24.0 Å². The van der Waals surface area contributed by atoms with Crippen LogP contribution in [0.15, 0.2) is 0 Å². The normalized spacial score (nSPS) is 39.5. The molecule has 2 bridgehead atoms. The van der Waals surface area contributed by atoms with E-state index in [0.717, 1.165) is 25.3 Å². The molecule has 2 saturated heterocycles. The molecule has 3 aliphatic rings. The maximum Gasteiger partial charge on any atom is 0.320 e. The van der Waals surface area contributed by atoms with Crippen molar-refractivity contribution >= 4 is 12.0 Å². The molecule has 1 aliphatic carbocycles. The smallest absolute Gasteiger partial charge is 0.320 e. The van der Waals surface area contributed by atoms with Crippen LogP contribution >= 0.6 is 0 Å². The highest BCUT2D eigenvalue weighted by molar-refractivity contribution is 5.79. The molecule has 1 saturated carbocycles. The first kappa shape index (κ1) is 12.8. The lowest BCUT2D eigenvalue weighted by atomic mass is 9.89. The Morgan fingerprint density at radius 1 is 1.32 bits per heavy atom. The van der Waals surface area contributed by atoms with Gasteiger partial charge >= 0.3 is 12.0 Å². The summed E-state index contributed by atoms with van der Waals surface area (Å²) in [7, 11) is 1.85. The quantitative estimate of drug-likeness (QED) is 0.844. The Morgan fingerprint density at radius 2 is 2.00 bits per heavy atom. The average molecular weight is 266 g/mol. The summed E-state index contributed by atoms with van der Waals surface area (Å²) in [4.78, 5) is 27.4. The highest BCUT2D eigenvalue weighted by Gasteiger charge is 2.52. The van der Waals surface area contributed by atoms with Gasteiger partial charge in [-0.25, -0.2) is 4.79 Å². The minimum Gasteiger partial charge on any atom is -0.481 e. The Hall–Kier alpha value is -1.26. The second-order valence-electron chi connectivity index (χ2n) is 6.52.